The van der Waals surface area contributed by atoms with Crippen molar-refractivity contribution < 1.29 is 14.0 Å². The molecule has 0 unspecified atom stereocenters. The molecule has 31 heavy (non-hydrogen) atoms. The number of rotatable bonds is 6. The fourth-order valence-electron chi connectivity index (χ4n) is 3.22. The number of carbonyl (C=O) groups excluding carboxylic acids is 2. The van der Waals surface area contributed by atoms with Gasteiger partial charge in [-0.3, -0.25) is 19.0 Å². The van der Waals surface area contributed by atoms with Gasteiger partial charge in [0, 0.05) is 12.2 Å². The maximum atomic E-state index is 12.6. The van der Waals surface area contributed by atoms with Crippen molar-refractivity contribution in [3.63, 3.8) is 0 Å². The molecule has 0 saturated carbocycles. The van der Waals surface area contributed by atoms with Crippen LogP contribution in [0.2, 0.25) is 0 Å². The second kappa shape index (κ2) is 8.66. The number of para-hydroxylation sites is 1. The van der Waals surface area contributed by atoms with E-state index in [2.05, 4.69) is 15.6 Å². The molecule has 0 saturated heterocycles. The van der Waals surface area contributed by atoms with Gasteiger partial charge in [0.25, 0.3) is 11.5 Å². The summed E-state index contributed by atoms with van der Waals surface area (Å²) in [6, 6.07) is 15.7. The number of nitrogens with one attached hydrogen (secondary N) is 2. The van der Waals surface area contributed by atoms with Crippen molar-refractivity contribution in [2.75, 3.05) is 5.32 Å². The second-order valence-electron chi connectivity index (χ2n) is 7.06. The predicted molar refractivity (Wildman–Crippen MR) is 116 cm³/mol. The van der Waals surface area contributed by atoms with E-state index in [-0.39, 0.29) is 36.2 Å². The Morgan fingerprint density at radius 3 is 2.74 bits per heavy atom. The van der Waals surface area contributed by atoms with Gasteiger partial charge in [-0.2, -0.15) is 0 Å². The summed E-state index contributed by atoms with van der Waals surface area (Å²) < 4.78 is 6.36. The Labute approximate surface area is 177 Å². The lowest BCUT2D eigenvalue weighted by atomic mass is 10.1. The quantitative estimate of drug-likeness (QED) is 0.503. The Bertz CT molecular complexity index is 1310. The van der Waals surface area contributed by atoms with Gasteiger partial charge in [-0.15, -0.1) is 0 Å². The van der Waals surface area contributed by atoms with E-state index in [1.165, 1.54) is 17.2 Å². The second-order valence-corrected chi connectivity index (χ2v) is 7.06. The van der Waals surface area contributed by atoms with Gasteiger partial charge in [0.05, 0.1) is 23.5 Å². The molecule has 4 rings (SSSR count). The third-order valence-electron chi connectivity index (χ3n) is 4.79. The topological polar surface area (TPSA) is 106 Å². The number of nitrogens with zero attached hydrogens (tertiary/aromatic N) is 2. The van der Waals surface area contributed by atoms with Crippen LogP contribution >= 0.6 is 0 Å². The van der Waals surface area contributed by atoms with Crippen molar-refractivity contribution in [2.24, 2.45) is 0 Å². The minimum absolute atomic E-state index is 0.134. The highest BCUT2D eigenvalue weighted by Gasteiger charge is 2.11. The molecule has 0 aliphatic carbocycles. The fraction of sp³-hybridized carbons (Fsp3) is 0.130. The van der Waals surface area contributed by atoms with E-state index in [0.717, 1.165) is 11.1 Å². The highest BCUT2D eigenvalue weighted by atomic mass is 16.3. The lowest BCUT2D eigenvalue weighted by Gasteiger charge is -2.10. The van der Waals surface area contributed by atoms with Gasteiger partial charge in [-0.25, -0.2) is 4.98 Å². The summed E-state index contributed by atoms with van der Waals surface area (Å²) in [5.41, 5.74) is 2.66. The molecular formula is C23H20N4O4. The minimum Gasteiger partial charge on any atom is -0.459 e. The zero-order valence-electron chi connectivity index (χ0n) is 16.8. The molecule has 4 aromatic rings. The summed E-state index contributed by atoms with van der Waals surface area (Å²) in [5, 5.41) is 6.01. The summed E-state index contributed by atoms with van der Waals surface area (Å²) in [6.07, 6.45) is 2.82. The number of fused-ring (bicyclic) bond motifs is 1. The molecule has 2 aromatic heterocycles. The Hall–Kier alpha value is -4.20. The molecular weight excluding hydrogens is 396 g/mol. The predicted octanol–water partition coefficient (Wildman–Crippen LogP) is 2.87. The Morgan fingerprint density at radius 2 is 1.94 bits per heavy atom. The first kappa shape index (κ1) is 20.1. The number of anilines is 1. The van der Waals surface area contributed by atoms with Crippen LogP contribution in [0.15, 0.2) is 76.4 Å². The first-order valence-electron chi connectivity index (χ1n) is 9.66. The van der Waals surface area contributed by atoms with Crippen molar-refractivity contribution in [1.29, 1.82) is 0 Å². The van der Waals surface area contributed by atoms with E-state index in [0.29, 0.717) is 16.6 Å². The average molecular weight is 416 g/mol. The van der Waals surface area contributed by atoms with Crippen LogP contribution < -0.4 is 16.2 Å². The van der Waals surface area contributed by atoms with Gasteiger partial charge in [0.2, 0.25) is 5.91 Å². The Kier molecular flexibility index (Phi) is 5.61. The number of carbonyl (C=O) groups is 2. The molecule has 156 valence electrons. The molecule has 2 N–H and O–H groups in total. The van der Waals surface area contributed by atoms with Gasteiger partial charge >= 0.3 is 0 Å². The van der Waals surface area contributed by atoms with Gasteiger partial charge in [0.1, 0.15) is 6.54 Å². The SMILES string of the molecule is Cc1cccc2c(=O)n(CC(=O)NCc3cccc(NC(=O)c4ccco4)c3)cnc12. The van der Waals surface area contributed by atoms with E-state index in [1.54, 1.807) is 42.5 Å². The smallest absolute Gasteiger partial charge is 0.291 e. The monoisotopic (exact) mass is 416 g/mol. The van der Waals surface area contributed by atoms with Crippen molar-refractivity contribution in [1.82, 2.24) is 14.9 Å². The average Bonchev–Trinajstić information content (AvgIpc) is 3.30. The molecule has 2 aromatic carbocycles. The van der Waals surface area contributed by atoms with Crippen LogP contribution in [-0.2, 0) is 17.9 Å². The maximum absolute atomic E-state index is 12.6. The Morgan fingerprint density at radius 1 is 1.10 bits per heavy atom. The van der Waals surface area contributed by atoms with Gasteiger partial charge in [-0.1, -0.05) is 24.3 Å². The van der Waals surface area contributed by atoms with Crippen molar-refractivity contribution in [3.05, 3.63) is 94.4 Å². The summed E-state index contributed by atoms with van der Waals surface area (Å²) in [7, 11) is 0. The maximum Gasteiger partial charge on any atom is 0.291 e. The number of amides is 2. The number of furan rings is 1. The molecule has 2 amide bonds. The normalized spacial score (nSPS) is 10.7. The van der Waals surface area contributed by atoms with Crippen LogP contribution in [0.25, 0.3) is 10.9 Å². The molecule has 0 fully saturated rings. The van der Waals surface area contributed by atoms with Crippen molar-refractivity contribution in [3.8, 4) is 0 Å². The van der Waals surface area contributed by atoms with Crippen LogP contribution in [0.4, 0.5) is 5.69 Å². The van der Waals surface area contributed by atoms with Crippen LogP contribution in [0, 0.1) is 6.92 Å². The molecule has 8 nitrogen and oxygen atoms in total. The highest BCUT2D eigenvalue weighted by molar-refractivity contribution is 6.02. The number of hydrogen-bond donors (Lipinski definition) is 2. The molecule has 0 atom stereocenters. The van der Waals surface area contributed by atoms with E-state index >= 15 is 0 Å². The molecule has 0 bridgehead atoms. The first-order valence-corrected chi connectivity index (χ1v) is 9.66. The van der Waals surface area contributed by atoms with Crippen molar-refractivity contribution >= 4 is 28.4 Å². The van der Waals surface area contributed by atoms with Crippen LogP contribution in [0.3, 0.4) is 0 Å². The van der Waals surface area contributed by atoms with Gasteiger partial charge < -0.3 is 15.1 Å². The van der Waals surface area contributed by atoms with Crippen LogP contribution in [0.5, 0.6) is 0 Å². The lowest BCUT2D eigenvalue weighted by Crippen LogP contribution is -2.32. The molecule has 0 aliphatic rings. The summed E-state index contributed by atoms with van der Waals surface area (Å²) >= 11 is 0. The Balaban J connectivity index is 1.39. The largest absolute Gasteiger partial charge is 0.459 e. The number of aryl methyl sites for hydroxylation is 1. The molecule has 0 spiro atoms. The van der Waals surface area contributed by atoms with E-state index in [4.69, 9.17) is 4.42 Å². The minimum atomic E-state index is -0.357. The summed E-state index contributed by atoms with van der Waals surface area (Å²) in [6.45, 7) is 2.00. The number of aromatic nitrogens is 2. The molecule has 2 heterocycles. The molecule has 0 radical (unpaired) electrons. The fourth-order valence-corrected chi connectivity index (χ4v) is 3.22. The number of hydrogen-bond acceptors (Lipinski definition) is 5. The summed E-state index contributed by atoms with van der Waals surface area (Å²) in [4.78, 5) is 41.4. The highest BCUT2D eigenvalue weighted by Crippen LogP contribution is 2.13. The molecule has 0 aliphatic heterocycles. The third-order valence-corrected chi connectivity index (χ3v) is 4.79. The lowest BCUT2D eigenvalue weighted by molar-refractivity contribution is -0.121. The van der Waals surface area contributed by atoms with Crippen LogP contribution in [0.1, 0.15) is 21.7 Å². The molecule has 8 heteroatoms. The first-order chi connectivity index (χ1) is 15.0. The van der Waals surface area contributed by atoms with E-state index in [1.807, 2.05) is 19.1 Å². The van der Waals surface area contributed by atoms with E-state index < -0.39 is 0 Å². The van der Waals surface area contributed by atoms with Gasteiger partial charge in [0.15, 0.2) is 5.76 Å². The standard InChI is InChI=1S/C23H20N4O4/c1-15-5-2-8-18-21(15)25-14-27(23(18)30)13-20(28)24-12-16-6-3-7-17(11-16)26-22(29)19-9-4-10-31-19/h2-11,14H,12-13H2,1H3,(H,24,28)(H,26,29). The van der Waals surface area contributed by atoms with Crippen LogP contribution in [-0.4, -0.2) is 21.4 Å². The zero-order valence-corrected chi connectivity index (χ0v) is 16.8. The summed E-state index contributed by atoms with van der Waals surface area (Å²) in [5.74, 6) is -0.464. The van der Waals surface area contributed by atoms with Gasteiger partial charge in [-0.05, 0) is 48.4 Å². The third kappa shape index (κ3) is 4.53. The number of benzene rings is 2. The van der Waals surface area contributed by atoms with Crippen molar-refractivity contribution in [2.45, 2.75) is 20.0 Å². The van der Waals surface area contributed by atoms with E-state index in [9.17, 15) is 14.4 Å². The zero-order chi connectivity index (χ0) is 21.8.